The standard InChI is InChI=1S/C9H15NO2S2/c1-4-7(2)10-14(11,12)9-6-5-8(3)13-9/h5-7,10H,4H2,1-3H3. The minimum atomic E-state index is -3.28. The molecule has 0 saturated heterocycles. The lowest BCUT2D eigenvalue weighted by atomic mass is 10.3. The number of hydrogen-bond acceptors (Lipinski definition) is 3. The van der Waals surface area contributed by atoms with E-state index in [1.54, 1.807) is 6.07 Å². The van der Waals surface area contributed by atoms with Crippen molar-refractivity contribution in [3.05, 3.63) is 17.0 Å². The summed E-state index contributed by atoms with van der Waals surface area (Å²) in [6.07, 6.45) is 0.795. The molecule has 1 heterocycles. The summed E-state index contributed by atoms with van der Waals surface area (Å²) in [6.45, 7) is 5.71. The lowest BCUT2D eigenvalue weighted by Gasteiger charge is -2.10. The Bertz CT molecular complexity index is 395. The molecule has 14 heavy (non-hydrogen) atoms. The Labute approximate surface area is 89.2 Å². The van der Waals surface area contributed by atoms with Crippen LogP contribution in [-0.4, -0.2) is 14.5 Å². The zero-order valence-corrected chi connectivity index (χ0v) is 10.2. The Morgan fingerprint density at radius 1 is 1.50 bits per heavy atom. The van der Waals surface area contributed by atoms with Gasteiger partial charge >= 0.3 is 0 Å². The van der Waals surface area contributed by atoms with Crippen LogP contribution in [0.15, 0.2) is 16.3 Å². The van der Waals surface area contributed by atoms with Crippen molar-refractivity contribution < 1.29 is 8.42 Å². The molecule has 0 saturated carbocycles. The highest BCUT2D eigenvalue weighted by Gasteiger charge is 2.17. The minimum Gasteiger partial charge on any atom is -0.208 e. The van der Waals surface area contributed by atoms with Crippen molar-refractivity contribution in [3.63, 3.8) is 0 Å². The summed E-state index contributed by atoms with van der Waals surface area (Å²) in [6, 6.07) is 3.45. The van der Waals surface area contributed by atoms with E-state index in [4.69, 9.17) is 0 Å². The Kier molecular flexibility index (Phi) is 3.69. The molecule has 0 aromatic carbocycles. The van der Waals surface area contributed by atoms with Crippen molar-refractivity contribution in [1.82, 2.24) is 4.72 Å². The molecule has 80 valence electrons. The van der Waals surface area contributed by atoms with Crippen LogP contribution >= 0.6 is 11.3 Å². The Morgan fingerprint density at radius 2 is 2.14 bits per heavy atom. The molecule has 0 radical (unpaired) electrons. The molecular weight excluding hydrogens is 218 g/mol. The molecule has 1 N–H and O–H groups in total. The number of rotatable bonds is 4. The van der Waals surface area contributed by atoms with Crippen molar-refractivity contribution in [2.24, 2.45) is 0 Å². The quantitative estimate of drug-likeness (QED) is 0.866. The first-order valence-electron chi connectivity index (χ1n) is 4.54. The van der Waals surface area contributed by atoms with Gasteiger partial charge in [-0.15, -0.1) is 11.3 Å². The van der Waals surface area contributed by atoms with Gasteiger partial charge < -0.3 is 0 Å². The van der Waals surface area contributed by atoms with Crippen LogP contribution in [0, 0.1) is 6.92 Å². The van der Waals surface area contributed by atoms with E-state index in [1.807, 2.05) is 26.8 Å². The summed E-state index contributed by atoms with van der Waals surface area (Å²) < 4.78 is 26.4. The lowest BCUT2D eigenvalue weighted by molar-refractivity contribution is 0.558. The SMILES string of the molecule is CCC(C)NS(=O)(=O)c1ccc(C)s1. The Balaban J connectivity index is 2.86. The van der Waals surface area contributed by atoms with Crippen LogP contribution in [0.25, 0.3) is 0 Å². The van der Waals surface area contributed by atoms with Gasteiger partial charge in [-0.25, -0.2) is 13.1 Å². The molecule has 1 rings (SSSR count). The predicted octanol–water partition coefficient (Wildman–Crippen LogP) is 2.13. The van der Waals surface area contributed by atoms with Crippen LogP contribution in [0.2, 0.25) is 0 Å². The van der Waals surface area contributed by atoms with Crippen molar-refractivity contribution in [2.75, 3.05) is 0 Å². The maximum atomic E-state index is 11.7. The van der Waals surface area contributed by atoms with Gasteiger partial charge in [0.1, 0.15) is 4.21 Å². The second kappa shape index (κ2) is 4.42. The molecule has 1 atom stereocenters. The molecule has 1 unspecified atom stereocenters. The van der Waals surface area contributed by atoms with E-state index in [1.165, 1.54) is 11.3 Å². The normalized spacial score (nSPS) is 14.2. The fourth-order valence-corrected chi connectivity index (χ4v) is 3.59. The third-order valence-electron chi connectivity index (χ3n) is 1.95. The maximum Gasteiger partial charge on any atom is 0.250 e. The molecule has 5 heteroatoms. The highest BCUT2D eigenvalue weighted by molar-refractivity contribution is 7.91. The monoisotopic (exact) mass is 233 g/mol. The second-order valence-corrected chi connectivity index (χ2v) is 6.52. The van der Waals surface area contributed by atoms with Crippen LogP contribution in [-0.2, 0) is 10.0 Å². The minimum absolute atomic E-state index is 0.0117. The van der Waals surface area contributed by atoms with Crippen LogP contribution in [0.1, 0.15) is 25.1 Å². The average molecular weight is 233 g/mol. The molecule has 0 amide bonds. The summed E-state index contributed by atoms with van der Waals surface area (Å²) >= 11 is 1.30. The van der Waals surface area contributed by atoms with Gasteiger partial charge in [-0.1, -0.05) is 6.92 Å². The van der Waals surface area contributed by atoms with E-state index in [0.29, 0.717) is 4.21 Å². The molecule has 1 aromatic heterocycles. The molecule has 0 fully saturated rings. The van der Waals surface area contributed by atoms with Gasteiger partial charge in [-0.05, 0) is 32.4 Å². The van der Waals surface area contributed by atoms with Crippen LogP contribution in [0.5, 0.6) is 0 Å². The number of aryl methyl sites for hydroxylation is 1. The van der Waals surface area contributed by atoms with E-state index in [0.717, 1.165) is 11.3 Å². The smallest absolute Gasteiger partial charge is 0.208 e. The van der Waals surface area contributed by atoms with E-state index in [-0.39, 0.29) is 6.04 Å². The summed E-state index contributed by atoms with van der Waals surface area (Å²) in [7, 11) is -3.28. The van der Waals surface area contributed by atoms with Crippen molar-refractivity contribution in [3.8, 4) is 0 Å². The van der Waals surface area contributed by atoms with Gasteiger partial charge in [-0.3, -0.25) is 0 Å². The number of thiophene rings is 1. The zero-order chi connectivity index (χ0) is 10.8. The van der Waals surface area contributed by atoms with Gasteiger partial charge in [0, 0.05) is 10.9 Å². The first kappa shape index (κ1) is 11.7. The van der Waals surface area contributed by atoms with Gasteiger partial charge in [0.25, 0.3) is 0 Å². The molecule has 0 aliphatic rings. The third-order valence-corrected chi connectivity index (χ3v) is 5.03. The highest BCUT2D eigenvalue weighted by atomic mass is 32.2. The van der Waals surface area contributed by atoms with E-state index in [9.17, 15) is 8.42 Å². The molecular formula is C9H15NO2S2. The van der Waals surface area contributed by atoms with Crippen LogP contribution < -0.4 is 4.72 Å². The molecule has 3 nitrogen and oxygen atoms in total. The topological polar surface area (TPSA) is 46.2 Å². The third kappa shape index (κ3) is 2.80. The lowest BCUT2D eigenvalue weighted by Crippen LogP contribution is -2.31. The van der Waals surface area contributed by atoms with Crippen molar-refractivity contribution in [2.45, 2.75) is 37.4 Å². The number of hydrogen-bond donors (Lipinski definition) is 1. The summed E-state index contributed by atoms with van der Waals surface area (Å²) in [4.78, 5) is 1.01. The highest BCUT2D eigenvalue weighted by Crippen LogP contribution is 2.20. The Morgan fingerprint density at radius 3 is 2.57 bits per heavy atom. The molecule has 0 bridgehead atoms. The predicted molar refractivity (Wildman–Crippen MR) is 59.1 cm³/mol. The fraction of sp³-hybridized carbons (Fsp3) is 0.556. The van der Waals surface area contributed by atoms with E-state index in [2.05, 4.69) is 4.72 Å². The largest absolute Gasteiger partial charge is 0.250 e. The summed E-state index contributed by atoms with van der Waals surface area (Å²) in [5.74, 6) is 0. The van der Waals surface area contributed by atoms with E-state index >= 15 is 0 Å². The van der Waals surface area contributed by atoms with Gasteiger partial charge in [0.2, 0.25) is 10.0 Å². The fourth-order valence-electron chi connectivity index (χ4n) is 0.963. The first-order valence-corrected chi connectivity index (χ1v) is 6.84. The summed E-state index contributed by atoms with van der Waals surface area (Å²) in [5.41, 5.74) is 0. The molecule has 0 spiro atoms. The van der Waals surface area contributed by atoms with Crippen molar-refractivity contribution in [1.29, 1.82) is 0 Å². The van der Waals surface area contributed by atoms with Crippen LogP contribution in [0.3, 0.4) is 0 Å². The molecule has 0 aliphatic heterocycles. The second-order valence-electron chi connectivity index (χ2n) is 3.30. The summed E-state index contributed by atoms with van der Waals surface area (Å²) in [5, 5.41) is 0. The molecule has 1 aromatic rings. The number of sulfonamides is 1. The van der Waals surface area contributed by atoms with Gasteiger partial charge in [0.05, 0.1) is 0 Å². The van der Waals surface area contributed by atoms with Gasteiger partial charge in [-0.2, -0.15) is 0 Å². The average Bonchev–Trinajstić information content (AvgIpc) is 2.51. The zero-order valence-electron chi connectivity index (χ0n) is 8.57. The van der Waals surface area contributed by atoms with Crippen molar-refractivity contribution >= 4 is 21.4 Å². The number of nitrogens with one attached hydrogen (secondary N) is 1. The van der Waals surface area contributed by atoms with E-state index < -0.39 is 10.0 Å². The first-order chi connectivity index (χ1) is 6.45. The van der Waals surface area contributed by atoms with Gasteiger partial charge in [0.15, 0.2) is 0 Å². The van der Waals surface area contributed by atoms with Crippen LogP contribution in [0.4, 0.5) is 0 Å². The Hall–Kier alpha value is -0.390. The maximum absolute atomic E-state index is 11.7. The molecule has 0 aliphatic carbocycles.